The number of likely N-dealkylation sites (N-methyl/N-ethyl adjacent to an activating group) is 1. The zero-order chi connectivity index (χ0) is 40.5. The molecule has 0 aliphatic heterocycles. The lowest BCUT2D eigenvalue weighted by atomic mass is 10.1. The number of phosphoric ester groups is 1. The van der Waals surface area contributed by atoms with E-state index in [0.29, 0.717) is 19.4 Å². The standard InChI is InChI=1S/C45H76NO8P/c1-5-7-9-11-13-15-17-19-21-22-24-26-28-30-32-34-36-38-45(48)54-43(42-53-55(49,50)52-40-39-46(3)4)41-51-44(47)37-35-33-31-29-27-25-23-20-18-16-14-12-10-8-6-2/h8,10,13-16,19-21,23-24,26-27,29,43H,5-7,9,11-12,17-18,22,25,28,30-42H2,1-4H3,(H,49,50)/b10-8-,15-13-,16-14-,21-19-,23-20-,26-24-,29-27-. The number of carbonyl (C=O) groups excluding carboxylic acids is 2. The third-order valence-corrected chi connectivity index (χ3v) is 9.17. The number of hydrogen-bond acceptors (Lipinski definition) is 8. The Kier molecular flexibility index (Phi) is 37.4. The molecule has 0 aromatic carbocycles. The fourth-order valence-electron chi connectivity index (χ4n) is 4.98. The van der Waals surface area contributed by atoms with Gasteiger partial charge < -0.3 is 19.3 Å². The maximum Gasteiger partial charge on any atom is 0.472 e. The Bertz CT molecular complexity index is 1190. The highest BCUT2D eigenvalue weighted by molar-refractivity contribution is 7.47. The number of nitrogens with zero attached hydrogens (tertiary/aromatic N) is 1. The number of unbranched alkanes of at least 4 members (excludes halogenated alkanes) is 9. The Balaban J connectivity index is 4.45. The van der Waals surface area contributed by atoms with E-state index in [-0.39, 0.29) is 26.1 Å². The molecule has 55 heavy (non-hydrogen) atoms. The maximum absolute atomic E-state index is 12.6. The summed E-state index contributed by atoms with van der Waals surface area (Å²) in [5.41, 5.74) is 0. The van der Waals surface area contributed by atoms with Gasteiger partial charge in [0.2, 0.25) is 0 Å². The van der Waals surface area contributed by atoms with Gasteiger partial charge in [-0.25, -0.2) is 4.57 Å². The normalized spacial score (nSPS) is 14.3. The van der Waals surface area contributed by atoms with Crippen molar-refractivity contribution in [1.29, 1.82) is 0 Å². The molecule has 2 unspecified atom stereocenters. The molecule has 0 aromatic heterocycles. The summed E-state index contributed by atoms with van der Waals surface area (Å²) < 4.78 is 33.4. The molecule has 1 N–H and O–H groups in total. The lowest BCUT2D eigenvalue weighted by Gasteiger charge is -2.20. The van der Waals surface area contributed by atoms with Gasteiger partial charge in [-0.1, -0.05) is 125 Å². The maximum atomic E-state index is 12.6. The van der Waals surface area contributed by atoms with Crippen LogP contribution in [0.2, 0.25) is 0 Å². The first-order valence-electron chi connectivity index (χ1n) is 20.9. The summed E-state index contributed by atoms with van der Waals surface area (Å²) in [5.74, 6) is -0.887. The highest BCUT2D eigenvalue weighted by atomic mass is 31.2. The third-order valence-electron chi connectivity index (χ3n) is 8.19. The van der Waals surface area contributed by atoms with Crippen molar-refractivity contribution in [1.82, 2.24) is 4.90 Å². The van der Waals surface area contributed by atoms with E-state index in [1.54, 1.807) is 4.90 Å². The summed E-state index contributed by atoms with van der Waals surface area (Å²) in [6, 6.07) is 0. The molecular formula is C45H76NO8P. The lowest BCUT2D eigenvalue weighted by Crippen LogP contribution is -2.29. The fourth-order valence-corrected chi connectivity index (χ4v) is 5.72. The second kappa shape index (κ2) is 39.4. The molecule has 9 nitrogen and oxygen atoms in total. The number of carbonyl (C=O) groups is 2. The smallest absolute Gasteiger partial charge is 0.462 e. The molecule has 0 rings (SSSR count). The van der Waals surface area contributed by atoms with Crippen molar-refractivity contribution >= 4 is 19.8 Å². The van der Waals surface area contributed by atoms with Gasteiger partial charge in [-0.3, -0.25) is 18.6 Å². The van der Waals surface area contributed by atoms with Crippen LogP contribution in [-0.2, 0) is 32.7 Å². The quantitative estimate of drug-likeness (QED) is 0.0284. The van der Waals surface area contributed by atoms with Gasteiger partial charge >= 0.3 is 19.8 Å². The van der Waals surface area contributed by atoms with Crippen molar-refractivity contribution in [3.05, 3.63) is 85.1 Å². The molecule has 2 atom stereocenters. The summed E-state index contributed by atoms with van der Waals surface area (Å²) in [4.78, 5) is 37.0. The van der Waals surface area contributed by atoms with Crippen molar-refractivity contribution in [3.8, 4) is 0 Å². The summed E-state index contributed by atoms with van der Waals surface area (Å²) in [6.07, 6.45) is 47.7. The van der Waals surface area contributed by atoms with E-state index in [1.165, 1.54) is 25.7 Å². The molecule has 0 amide bonds. The average Bonchev–Trinajstić information content (AvgIpc) is 3.15. The minimum Gasteiger partial charge on any atom is -0.462 e. The van der Waals surface area contributed by atoms with Crippen molar-refractivity contribution < 1.29 is 37.6 Å². The van der Waals surface area contributed by atoms with Crippen LogP contribution in [0, 0.1) is 0 Å². The largest absolute Gasteiger partial charge is 0.472 e. The van der Waals surface area contributed by atoms with Gasteiger partial charge in [0, 0.05) is 19.4 Å². The van der Waals surface area contributed by atoms with Crippen LogP contribution in [-0.4, -0.2) is 68.3 Å². The first-order chi connectivity index (χ1) is 26.7. The Morgan fingerprint density at radius 3 is 1.56 bits per heavy atom. The van der Waals surface area contributed by atoms with Crippen LogP contribution in [0.15, 0.2) is 85.1 Å². The zero-order valence-electron chi connectivity index (χ0n) is 34.8. The molecule has 0 radical (unpaired) electrons. The van der Waals surface area contributed by atoms with Gasteiger partial charge in [0.15, 0.2) is 6.10 Å². The highest BCUT2D eigenvalue weighted by Gasteiger charge is 2.26. The van der Waals surface area contributed by atoms with Crippen molar-refractivity contribution in [3.63, 3.8) is 0 Å². The molecule has 0 fully saturated rings. The van der Waals surface area contributed by atoms with Crippen molar-refractivity contribution in [2.24, 2.45) is 0 Å². The summed E-state index contributed by atoms with van der Waals surface area (Å²) >= 11 is 0. The van der Waals surface area contributed by atoms with Gasteiger partial charge in [-0.05, 0) is 104 Å². The van der Waals surface area contributed by atoms with Gasteiger partial charge in [0.25, 0.3) is 0 Å². The molecule has 10 heteroatoms. The monoisotopic (exact) mass is 790 g/mol. The second-order valence-corrected chi connectivity index (χ2v) is 15.2. The molecule has 0 aliphatic rings. The number of hydrogen-bond donors (Lipinski definition) is 1. The van der Waals surface area contributed by atoms with E-state index >= 15 is 0 Å². The van der Waals surface area contributed by atoms with E-state index in [2.05, 4.69) is 98.9 Å². The zero-order valence-corrected chi connectivity index (χ0v) is 35.7. The highest BCUT2D eigenvalue weighted by Crippen LogP contribution is 2.43. The molecule has 0 bridgehead atoms. The number of phosphoric acid groups is 1. The Morgan fingerprint density at radius 2 is 1.04 bits per heavy atom. The van der Waals surface area contributed by atoms with Crippen LogP contribution in [0.1, 0.15) is 142 Å². The first-order valence-corrected chi connectivity index (χ1v) is 22.4. The van der Waals surface area contributed by atoms with E-state index in [4.69, 9.17) is 18.5 Å². The fraction of sp³-hybridized carbons (Fsp3) is 0.644. The van der Waals surface area contributed by atoms with Crippen LogP contribution < -0.4 is 0 Å². The molecule has 0 heterocycles. The van der Waals surface area contributed by atoms with Crippen LogP contribution >= 0.6 is 7.82 Å². The summed E-state index contributed by atoms with van der Waals surface area (Å²) in [7, 11) is -0.755. The van der Waals surface area contributed by atoms with E-state index in [1.807, 2.05) is 14.1 Å². The minimum atomic E-state index is -4.38. The van der Waals surface area contributed by atoms with E-state index in [9.17, 15) is 19.0 Å². The van der Waals surface area contributed by atoms with Crippen LogP contribution in [0.4, 0.5) is 0 Å². The predicted molar refractivity (Wildman–Crippen MR) is 229 cm³/mol. The molecular weight excluding hydrogens is 713 g/mol. The second-order valence-electron chi connectivity index (χ2n) is 13.8. The van der Waals surface area contributed by atoms with Gasteiger partial charge in [-0.15, -0.1) is 0 Å². The molecule has 314 valence electrons. The van der Waals surface area contributed by atoms with Gasteiger partial charge in [0.1, 0.15) is 6.61 Å². The Morgan fingerprint density at radius 1 is 0.582 bits per heavy atom. The molecule has 0 saturated carbocycles. The average molecular weight is 790 g/mol. The van der Waals surface area contributed by atoms with Crippen LogP contribution in [0.5, 0.6) is 0 Å². The van der Waals surface area contributed by atoms with Crippen LogP contribution in [0.25, 0.3) is 0 Å². The summed E-state index contributed by atoms with van der Waals surface area (Å²) in [5, 5.41) is 0. The Hall–Kier alpha value is -2.81. The molecule has 0 saturated heterocycles. The van der Waals surface area contributed by atoms with E-state index in [0.717, 1.165) is 77.0 Å². The van der Waals surface area contributed by atoms with Gasteiger partial charge in [0.05, 0.1) is 13.2 Å². The number of rotatable bonds is 37. The topological polar surface area (TPSA) is 112 Å². The molecule has 0 spiro atoms. The lowest BCUT2D eigenvalue weighted by molar-refractivity contribution is -0.161. The minimum absolute atomic E-state index is 0.00883. The summed E-state index contributed by atoms with van der Waals surface area (Å²) in [6.45, 7) is 4.07. The van der Waals surface area contributed by atoms with Crippen LogP contribution in [0.3, 0.4) is 0 Å². The third kappa shape index (κ3) is 40.7. The SMILES string of the molecule is CC/C=C\C/C=C\C/C=C\C/C=C\CCCCC(=O)OCC(COP(=O)(O)OCCN(C)C)OC(=O)CCCCCC/C=C\C/C=C\C/C=C\CCCCC. The molecule has 0 aromatic rings. The number of allylic oxidation sites excluding steroid dienone is 14. The van der Waals surface area contributed by atoms with Crippen molar-refractivity contribution in [2.45, 2.75) is 148 Å². The van der Waals surface area contributed by atoms with E-state index < -0.39 is 32.5 Å². The van der Waals surface area contributed by atoms with Crippen molar-refractivity contribution in [2.75, 3.05) is 40.5 Å². The number of ether oxygens (including phenoxy) is 2. The first kappa shape index (κ1) is 52.2. The Labute approximate surface area is 335 Å². The predicted octanol–water partition coefficient (Wildman–Crippen LogP) is 11.9. The van der Waals surface area contributed by atoms with Gasteiger partial charge in [-0.2, -0.15) is 0 Å². The molecule has 0 aliphatic carbocycles. The number of esters is 2.